The van der Waals surface area contributed by atoms with Crippen molar-refractivity contribution in [2.75, 3.05) is 72.4 Å². The number of rotatable bonds is 14. The van der Waals surface area contributed by atoms with Crippen LogP contribution in [0.2, 0.25) is 0 Å². The standard InChI is InChI=1S/C21H26N4O7.C18H28N4O7/c1-14(23-8-17(26)22-18(27)9-23)15(2)24-10-19(28)25(20(29)11-24)13-32-21(30)31-12-16-6-4-3-5-7-16;1-11(2)9-28-18(27)29-10-22-16(25)7-21(8-17(22)26)13(4)12(3)20-5-14(23)19-15(24)6-20/h3-7,14-15H,8-13H2,1-2H3,(H,22,26,27);11-13H,5-10H2,1-4H3,(H,19,23,24). The molecule has 4 atom stereocenters. The van der Waals surface area contributed by atoms with Crippen LogP contribution in [0.3, 0.4) is 0 Å². The molecule has 2 N–H and O–H groups in total. The van der Waals surface area contributed by atoms with Crippen molar-refractivity contribution >= 4 is 59.6 Å². The Morgan fingerprint density at radius 2 is 0.820 bits per heavy atom. The molecular weight excluding hydrogens is 804 g/mol. The molecule has 5 rings (SSSR count). The fourth-order valence-corrected chi connectivity index (χ4v) is 6.67. The summed E-state index contributed by atoms with van der Waals surface area (Å²) < 4.78 is 19.6. The Balaban J connectivity index is 0.000000270. The third-order valence-corrected chi connectivity index (χ3v) is 10.6. The van der Waals surface area contributed by atoms with Gasteiger partial charge >= 0.3 is 12.3 Å². The Bertz CT molecular complexity index is 1760. The van der Waals surface area contributed by atoms with Gasteiger partial charge in [-0.1, -0.05) is 44.2 Å². The van der Waals surface area contributed by atoms with Crippen LogP contribution in [0, 0.1) is 5.92 Å². The van der Waals surface area contributed by atoms with E-state index in [9.17, 15) is 47.9 Å². The lowest BCUT2D eigenvalue weighted by Crippen LogP contribution is -2.62. The first-order chi connectivity index (χ1) is 28.8. The van der Waals surface area contributed by atoms with Crippen LogP contribution in [0.15, 0.2) is 30.3 Å². The molecule has 22 heteroatoms. The summed E-state index contributed by atoms with van der Waals surface area (Å²) in [5, 5.41) is 4.49. The molecule has 1 aromatic rings. The van der Waals surface area contributed by atoms with Gasteiger partial charge in [0.15, 0.2) is 13.5 Å². The number of piperazine rings is 4. The summed E-state index contributed by atoms with van der Waals surface area (Å²) in [4.78, 5) is 128. The maximum Gasteiger partial charge on any atom is 0.510 e. The minimum absolute atomic E-state index is 0.0156. The second-order valence-electron chi connectivity index (χ2n) is 15.5. The Kier molecular flexibility index (Phi) is 17.4. The van der Waals surface area contributed by atoms with Gasteiger partial charge in [0.05, 0.1) is 59.0 Å². The highest BCUT2D eigenvalue weighted by molar-refractivity contribution is 6.01. The van der Waals surface area contributed by atoms with Crippen LogP contribution in [-0.4, -0.2) is 186 Å². The lowest BCUT2D eigenvalue weighted by molar-refractivity contribution is -0.160. The van der Waals surface area contributed by atoms with Gasteiger partial charge in [-0.15, -0.1) is 0 Å². The summed E-state index contributed by atoms with van der Waals surface area (Å²) in [5.41, 5.74) is 0.779. The minimum atomic E-state index is -0.980. The number of hydrogen-bond acceptors (Lipinski definition) is 18. The number of ether oxygens (including phenoxy) is 4. The zero-order valence-electron chi connectivity index (χ0n) is 35.2. The summed E-state index contributed by atoms with van der Waals surface area (Å²) in [6.45, 7) is 10.3. The maximum atomic E-state index is 12.5. The molecule has 0 bridgehead atoms. The van der Waals surface area contributed by atoms with Crippen LogP contribution in [0.25, 0.3) is 0 Å². The first-order valence-corrected chi connectivity index (χ1v) is 19.7. The second kappa shape index (κ2) is 22.1. The molecule has 0 aliphatic carbocycles. The van der Waals surface area contributed by atoms with Crippen molar-refractivity contribution in [1.29, 1.82) is 0 Å². The van der Waals surface area contributed by atoms with E-state index < -0.39 is 49.4 Å². The van der Waals surface area contributed by atoms with Gasteiger partial charge in [-0.05, 0) is 39.2 Å². The largest absolute Gasteiger partial charge is 0.510 e. The van der Waals surface area contributed by atoms with Gasteiger partial charge in [0.25, 0.3) is 0 Å². The third-order valence-electron chi connectivity index (χ3n) is 10.6. The van der Waals surface area contributed by atoms with Gasteiger partial charge in [0, 0.05) is 24.2 Å². The molecule has 22 nitrogen and oxygen atoms in total. The fraction of sp³-hybridized carbons (Fsp3) is 0.590. The average molecular weight is 859 g/mol. The highest BCUT2D eigenvalue weighted by Crippen LogP contribution is 2.18. The summed E-state index contributed by atoms with van der Waals surface area (Å²) in [5.74, 6) is -3.39. The summed E-state index contributed by atoms with van der Waals surface area (Å²) in [6, 6.07) is 7.99. The van der Waals surface area contributed by atoms with Crippen molar-refractivity contribution in [3.05, 3.63) is 35.9 Å². The van der Waals surface area contributed by atoms with Gasteiger partial charge in [-0.2, -0.15) is 0 Å². The first kappa shape index (κ1) is 47.8. The van der Waals surface area contributed by atoms with E-state index in [4.69, 9.17) is 18.9 Å². The number of amides is 8. The normalized spacial score (nSPS) is 20.6. The molecule has 4 fully saturated rings. The number of carbonyl (C=O) groups is 10. The molecule has 61 heavy (non-hydrogen) atoms. The monoisotopic (exact) mass is 858 g/mol. The average Bonchev–Trinajstić information content (AvgIpc) is 3.20. The van der Waals surface area contributed by atoms with Crippen molar-refractivity contribution in [2.24, 2.45) is 5.92 Å². The van der Waals surface area contributed by atoms with E-state index in [0.29, 0.717) is 0 Å². The third kappa shape index (κ3) is 14.1. The van der Waals surface area contributed by atoms with E-state index >= 15 is 0 Å². The lowest BCUT2D eigenvalue weighted by Gasteiger charge is -2.41. The molecule has 0 radical (unpaired) electrons. The zero-order chi connectivity index (χ0) is 45.0. The molecule has 334 valence electrons. The van der Waals surface area contributed by atoms with E-state index in [2.05, 4.69) is 10.6 Å². The van der Waals surface area contributed by atoms with Crippen molar-refractivity contribution < 1.29 is 66.9 Å². The minimum Gasteiger partial charge on any atom is -0.434 e. The van der Waals surface area contributed by atoms with Gasteiger partial charge in [0.2, 0.25) is 47.3 Å². The Labute approximate surface area is 352 Å². The molecule has 8 amide bonds. The van der Waals surface area contributed by atoms with Crippen molar-refractivity contribution in [3.8, 4) is 0 Å². The van der Waals surface area contributed by atoms with Gasteiger partial charge in [-0.3, -0.25) is 68.6 Å². The maximum absolute atomic E-state index is 12.5. The second-order valence-corrected chi connectivity index (χ2v) is 15.5. The summed E-state index contributed by atoms with van der Waals surface area (Å²) in [6.07, 6.45) is -1.91. The number of hydrogen-bond donors (Lipinski definition) is 2. The first-order valence-electron chi connectivity index (χ1n) is 19.7. The smallest absolute Gasteiger partial charge is 0.434 e. The van der Waals surface area contributed by atoms with E-state index in [-0.39, 0.29) is 119 Å². The molecule has 4 aliphatic rings. The van der Waals surface area contributed by atoms with Crippen LogP contribution < -0.4 is 10.6 Å². The van der Waals surface area contributed by atoms with Crippen LogP contribution in [0.4, 0.5) is 9.59 Å². The number of carbonyl (C=O) groups excluding carboxylic acids is 10. The topological polar surface area (TPSA) is 251 Å². The molecule has 4 aliphatic heterocycles. The molecule has 4 unspecified atom stereocenters. The zero-order valence-corrected chi connectivity index (χ0v) is 35.2. The van der Waals surface area contributed by atoms with Crippen LogP contribution in [0.5, 0.6) is 0 Å². The van der Waals surface area contributed by atoms with Crippen molar-refractivity contribution in [3.63, 3.8) is 0 Å². The fourth-order valence-electron chi connectivity index (χ4n) is 6.67. The molecule has 0 spiro atoms. The highest BCUT2D eigenvalue weighted by Gasteiger charge is 2.40. The SMILES string of the molecule is CC(C(C)N1CC(=O)N(COC(=O)OCc2ccccc2)C(=O)C1)N1CC(=O)NC(=O)C1.CC(C)COC(=O)OCN1C(=O)CN(C(C)C(C)N2CC(=O)NC(=O)C2)CC1=O. The predicted octanol–water partition coefficient (Wildman–Crippen LogP) is -1.14. The Morgan fingerprint density at radius 1 is 0.492 bits per heavy atom. The highest BCUT2D eigenvalue weighted by atomic mass is 16.7. The van der Waals surface area contributed by atoms with E-state index in [1.165, 1.54) is 0 Å². The van der Waals surface area contributed by atoms with E-state index in [0.717, 1.165) is 15.4 Å². The number of benzene rings is 1. The Hall–Kier alpha value is -5.84. The van der Waals surface area contributed by atoms with Crippen LogP contribution in [-0.2, 0) is 63.9 Å². The van der Waals surface area contributed by atoms with Crippen molar-refractivity contribution in [2.45, 2.75) is 72.3 Å². The van der Waals surface area contributed by atoms with Crippen LogP contribution in [0.1, 0.15) is 47.1 Å². The molecule has 4 saturated heterocycles. The molecule has 4 heterocycles. The molecule has 0 aromatic heterocycles. The number of nitrogens with zero attached hydrogens (tertiary/aromatic N) is 6. The van der Waals surface area contributed by atoms with Crippen LogP contribution >= 0.6 is 0 Å². The number of imide groups is 4. The van der Waals surface area contributed by atoms with Gasteiger partial charge in [0.1, 0.15) is 6.61 Å². The van der Waals surface area contributed by atoms with Gasteiger partial charge < -0.3 is 18.9 Å². The van der Waals surface area contributed by atoms with Gasteiger partial charge in [-0.25, -0.2) is 19.4 Å². The van der Waals surface area contributed by atoms with Crippen molar-refractivity contribution in [1.82, 2.24) is 40.0 Å². The molecular formula is C39H54N8O14. The predicted molar refractivity (Wildman–Crippen MR) is 209 cm³/mol. The Morgan fingerprint density at radius 3 is 1.16 bits per heavy atom. The van der Waals surface area contributed by atoms with E-state index in [1.807, 2.05) is 47.6 Å². The molecule has 0 saturated carbocycles. The lowest BCUT2D eigenvalue weighted by atomic mass is 10.1. The quantitative estimate of drug-likeness (QED) is 0.166. The molecule has 1 aromatic carbocycles. The van der Waals surface area contributed by atoms with E-state index in [1.54, 1.807) is 43.9 Å². The summed E-state index contributed by atoms with van der Waals surface area (Å²) >= 11 is 0. The number of nitrogens with one attached hydrogen (secondary N) is 2. The summed E-state index contributed by atoms with van der Waals surface area (Å²) in [7, 11) is 0.